The second-order valence-electron chi connectivity index (χ2n) is 8.35. The van der Waals surface area contributed by atoms with Gasteiger partial charge in [-0.2, -0.15) is 4.99 Å². The lowest BCUT2D eigenvalue weighted by Crippen LogP contribution is -2.34. The maximum atomic E-state index is 15.8. The Hall–Kier alpha value is -3.05. The number of hydrogen-bond donors (Lipinski definition) is 2. The third-order valence-corrected chi connectivity index (χ3v) is 6.23. The summed E-state index contributed by atoms with van der Waals surface area (Å²) in [7, 11) is 0. The predicted molar refractivity (Wildman–Crippen MR) is 142 cm³/mol. The van der Waals surface area contributed by atoms with Crippen molar-refractivity contribution in [1.82, 2.24) is 9.97 Å². The number of imidazole rings is 1. The molecule has 4 atom stereocenters. The molecule has 196 valence electrons. The zero-order chi connectivity index (χ0) is 26.0. The number of benzene rings is 2. The number of hydrogen-bond acceptors (Lipinski definition) is 7. The number of aliphatic imine (C=N–C) groups is 1. The molecule has 0 spiro atoms. The van der Waals surface area contributed by atoms with E-state index in [1.807, 2.05) is 67.6 Å². The Morgan fingerprint density at radius 1 is 1.11 bits per heavy atom. The van der Waals surface area contributed by atoms with Crippen molar-refractivity contribution in [3.8, 4) is 0 Å². The van der Waals surface area contributed by atoms with Crippen LogP contribution in [0, 0.1) is 5.41 Å². The number of aromatic amines is 1. The highest BCUT2D eigenvalue weighted by molar-refractivity contribution is 8.13. The molecule has 8 nitrogen and oxygen atoms in total. The Labute approximate surface area is 220 Å². The van der Waals surface area contributed by atoms with Crippen LogP contribution in [0.5, 0.6) is 0 Å². The van der Waals surface area contributed by atoms with E-state index in [4.69, 9.17) is 24.4 Å². The zero-order valence-electron chi connectivity index (χ0n) is 20.8. The van der Waals surface area contributed by atoms with E-state index in [0.717, 1.165) is 11.1 Å². The summed E-state index contributed by atoms with van der Waals surface area (Å²) in [5, 5.41) is 7.91. The number of rotatable bonds is 10. The smallest absolute Gasteiger partial charge is 0.260 e. The summed E-state index contributed by atoms with van der Waals surface area (Å²) in [5.74, 6) is 0.470. The molecule has 1 fully saturated rings. The van der Waals surface area contributed by atoms with E-state index in [2.05, 4.69) is 15.0 Å². The fraction of sp³-hybridized carbons (Fsp3) is 0.370. The molecular formula is C27H31FN4O4S. The predicted octanol–water partition coefficient (Wildman–Crippen LogP) is 5.07. The molecule has 1 aliphatic heterocycles. The van der Waals surface area contributed by atoms with E-state index in [1.54, 1.807) is 6.26 Å². The molecule has 0 bridgehead atoms. The van der Waals surface area contributed by atoms with Gasteiger partial charge in [0.25, 0.3) is 5.90 Å². The van der Waals surface area contributed by atoms with Crippen molar-refractivity contribution >= 4 is 22.8 Å². The number of ether oxygens (including phenoxy) is 4. The molecular weight excluding hydrogens is 495 g/mol. The second kappa shape index (κ2) is 13.5. The minimum Gasteiger partial charge on any atom is -0.475 e. The number of thioether (sulfide) groups is 1. The molecule has 2 heterocycles. The lowest BCUT2D eigenvalue weighted by Gasteiger charge is -2.20. The van der Waals surface area contributed by atoms with E-state index < -0.39 is 24.5 Å². The number of nitrogens with zero attached hydrogens (tertiary/aromatic N) is 2. The van der Waals surface area contributed by atoms with Gasteiger partial charge in [-0.25, -0.2) is 9.37 Å². The number of halogens is 1. The summed E-state index contributed by atoms with van der Waals surface area (Å²) >= 11 is 1.18. The van der Waals surface area contributed by atoms with Crippen LogP contribution < -0.4 is 0 Å². The molecule has 0 unspecified atom stereocenters. The minimum absolute atomic E-state index is 0.0758. The lowest BCUT2D eigenvalue weighted by molar-refractivity contribution is -0.0740. The number of amidine groups is 1. The second-order valence-corrected chi connectivity index (χ2v) is 9.14. The van der Waals surface area contributed by atoms with E-state index in [9.17, 15) is 0 Å². The first kappa shape index (κ1) is 27.0. The summed E-state index contributed by atoms with van der Waals surface area (Å²) in [6.07, 6.45) is -0.597. The summed E-state index contributed by atoms with van der Waals surface area (Å²) < 4.78 is 39.4. The van der Waals surface area contributed by atoms with Gasteiger partial charge < -0.3 is 23.9 Å². The highest BCUT2D eigenvalue weighted by Crippen LogP contribution is 2.37. The Morgan fingerprint density at radius 2 is 1.78 bits per heavy atom. The van der Waals surface area contributed by atoms with Crippen LogP contribution in [0.4, 0.5) is 4.39 Å². The fourth-order valence-corrected chi connectivity index (χ4v) is 4.12. The zero-order valence-corrected chi connectivity index (χ0v) is 21.6. The molecule has 4 rings (SSSR count). The molecule has 37 heavy (non-hydrogen) atoms. The van der Waals surface area contributed by atoms with Gasteiger partial charge in [-0.15, -0.1) is 0 Å². The molecule has 3 aromatic rings. The summed E-state index contributed by atoms with van der Waals surface area (Å²) in [6, 6.07) is 19.4. The maximum Gasteiger partial charge on any atom is 0.260 e. The van der Waals surface area contributed by atoms with Gasteiger partial charge in [0, 0.05) is 0 Å². The normalized spacial score (nSPS) is 21.8. The summed E-state index contributed by atoms with van der Waals surface area (Å²) in [4.78, 5) is 11.5. The van der Waals surface area contributed by atoms with Gasteiger partial charge in [-0.05, 0) is 24.3 Å². The Kier molecular flexibility index (Phi) is 9.84. The SMILES string of the molecule is CCO/C(=N/C(=N)SC)c1ncc([C@@H]2O[C@H](COCc3ccccc3)[C@@H](OCc3ccccc3)[C@H]2F)[nH]1. The van der Waals surface area contributed by atoms with Crippen molar-refractivity contribution in [2.45, 2.75) is 44.6 Å². The first-order chi connectivity index (χ1) is 18.1. The lowest BCUT2D eigenvalue weighted by atomic mass is 10.1. The van der Waals surface area contributed by atoms with Crippen molar-refractivity contribution < 1.29 is 23.3 Å². The quantitative estimate of drug-likeness (QED) is 0.283. The van der Waals surface area contributed by atoms with Crippen LogP contribution in [0.15, 0.2) is 71.9 Å². The van der Waals surface area contributed by atoms with Gasteiger partial charge in [-0.3, -0.25) is 5.41 Å². The number of alkyl halides is 1. The van der Waals surface area contributed by atoms with E-state index >= 15 is 4.39 Å². The standard InChI is InChI=1S/C27H31FN4O4S/c1-3-34-26(32-27(29)37-2)25-30-14-20(31-25)23-22(28)24(35-16-19-12-8-5-9-13-19)21(36-23)17-33-15-18-10-6-4-7-11-18/h4-14,21-24,29H,3,15-17H2,1-2H3,(H,30,31)/b29-27?,32-26+/t21-,22+,23+,24-/m1/s1. The molecule has 1 aliphatic rings. The van der Waals surface area contributed by atoms with Gasteiger partial charge in [0.1, 0.15) is 18.3 Å². The fourth-order valence-electron chi connectivity index (χ4n) is 3.95. The van der Waals surface area contributed by atoms with Gasteiger partial charge in [0.2, 0.25) is 0 Å². The van der Waals surface area contributed by atoms with E-state index in [0.29, 0.717) is 24.7 Å². The Balaban J connectivity index is 1.49. The minimum atomic E-state index is -1.46. The molecule has 0 saturated carbocycles. The molecule has 1 aromatic heterocycles. The number of nitrogens with one attached hydrogen (secondary N) is 2. The van der Waals surface area contributed by atoms with Crippen LogP contribution in [-0.2, 0) is 32.2 Å². The average molecular weight is 527 g/mol. The topological polar surface area (TPSA) is 102 Å². The van der Waals surface area contributed by atoms with Crippen molar-refractivity contribution in [2.75, 3.05) is 19.5 Å². The van der Waals surface area contributed by atoms with Gasteiger partial charge in [0.15, 0.2) is 17.2 Å². The van der Waals surface area contributed by atoms with Gasteiger partial charge >= 0.3 is 0 Å². The highest BCUT2D eigenvalue weighted by atomic mass is 32.2. The van der Waals surface area contributed by atoms with Gasteiger partial charge in [0.05, 0.1) is 38.3 Å². The molecule has 0 radical (unpaired) electrons. The number of aromatic nitrogens is 2. The number of H-pyrrole nitrogens is 1. The van der Waals surface area contributed by atoms with Crippen LogP contribution in [0.25, 0.3) is 0 Å². The van der Waals surface area contributed by atoms with Crippen molar-refractivity contribution in [3.05, 3.63) is 89.5 Å². The molecule has 2 aromatic carbocycles. The summed E-state index contributed by atoms with van der Waals surface area (Å²) in [6.45, 7) is 2.97. The molecule has 0 aliphatic carbocycles. The first-order valence-electron chi connectivity index (χ1n) is 12.0. The molecule has 1 saturated heterocycles. The Bertz CT molecular complexity index is 1160. The first-order valence-corrected chi connectivity index (χ1v) is 13.3. The van der Waals surface area contributed by atoms with E-state index in [1.165, 1.54) is 18.0 Å². The van der Waals surface area contributed by atoms with Gasteiger partial charge in [-0.1, -0.05) is 72.4 Å². The molecule has 0 amide bonds. The van der Waals surface area contributed by atoms with Crippen molar-refractivity contribution in [3.63, 3.8) is 0 Å². The third kappa shape index (κ3) is 7.26. The van der Waals surface area contributed by atoms with E-state index in [-0.39, 0.29) is 24.3 Å². The maximum absolute atomic E-state index is 15.8. The van der Waals surface area contributed by atoms with Crippen LogP contribution in [0.3, 0.4) is 0 Å². The van der Waals surface area contributed by atoms with Crippen LogP contribution in [0.1, 0.15) is 35.7 Å². The highest BCUT2D eigenvalue weighted by Gasteiger charge is 2.47. The van der Waals surface area contributed by atoms with Crippen LogP contribution >= 0.6 is 11.8 Å². The average Bonchev–Trinajstić information content (AvgIpc) is 3.53. The monoisotopic (exact) mass is 526 g/mol. The van der Waals surface area contributed by atoms with Crippen molar-refractivity contribution in [1.29, 1.82) is 5.41 Å². The molecule has 2 N–H and O–H groups in total. The summed E-state index contributed by atoms with van der Waals surface area (Å²) in [5.41, 5.74) is 2.40. The van der Waals surface area contributed by atoms with Crippen LogP contribution in [-0.4, -0.2) is 58.9 Å². The van der Waals surface area contributed by atoms with Crippen LogP contribution in [0.2, 0.25) is 0 Å². The Morgan fingerprint density at radius 3 is 2.43 bits per heavy atom. The third-order valence-electron chi connectivity index (χ3n) is 5.75. The molecule has 10 heteroatoms. The van der Waals surface area contributed by atoms with Crippen molar-refractivity contribution in [2.24, 2.45) is 4.99 Å². The largest absolute Gasteiger partial charge is 0.475 e.